The third kappa shape index (κ3) is 2.77. The lowest BCUT2D eigenvalue weighted by atomic mass is 10.1. The highest BCUT2D eigenvalue weighted by Gasteiger charge is 2.17. The molecule has 0 spiro atoms. The number of hydrogen-bond donors (Lipinski definition) is 1. The van der Waals surface area contributed by atoms with Crippen LogP contribution in [0.3, 0.4) is 0 Å². The van der Waals surface area contributed by atoms with Crippen LogP contribution in [0.2, 0.25) is 5.02 Å². The van der Waals surface area contributed by atoms with Crippen molar-refractivity contribution in [3.05, 3.63) is 35.0 Å². The first-order valence-electron chi connectivity index (χ1n) is 4.99. The SMILES string of the molecule is CS(=O)(=O)c1ccc(Cl)c(-c2cc(C(=O)O)no2)c1. The summed E-state index contributed by atoms with van der Waals surface area (Å²) >= 11 is 5.94. The molecule has 19 heavy (non-hydrogen) atoms. The molecule has 100 valence electrons. The van der Waals surface area contributed by atoms with Crippen molar-refractivity contribution < 1.29 is 22.8 Å². The standard InChI is InChI=1S/C11H8ClNO5S/c1-19(16,17)6-2-3-8(12)7(4-6)10-5-9(11(14)15)13-18-10/h2-5H,1H3,(H,14,15). The van der Waals surface area contributed by atoms with Gasteiger partial charge in [-0.2, -0.15) is 0 Å². The third-order valence-electron chi connectivity index (χ3n) is 2.36. The van der Waals surface area contributed by atoms with Crippen molar-refractivity contribution in [3.8, 4) is 11.3 Å². The Morgan fingerprint density at radius 3 is 2.58 bits per heavy atom. The van der Waals surface area contributed by atoms with Gasteiger partial charge in [0.25, 0.3) is 0 Å². The van der Waals surface area contributed by atoms with Crippen molar-refractivity contribution in [2.75, 3.05) is 6.26 Å². The van der Waals surface area contributed by atoms with Crippen LogP contribution in [0, 0.1) is 0 Å². The lowest BCUT2D eigenvalue weighted by Gasteiger charge is -2.03. The second kappa shape index (κ2) is 4.67. The number of carboxylic acids is 1. The maximum atomic E-state index is 11.5. The quantitative estimate of drug-likeness (QED) is 0.932. The molecule has 0 amide bonds. The second-order valence-electron chi connectivity index (χ2n) is 3.80. The molecule has 1 aromatic heterocycles. The Hall–Kier alpha value is -1.86. The Morgan fingerprint density at radius 2 is 2.05 bits per heavy atom. The number of sulfone groups is 1. The lowest BCUT2D eigenvalue weighted by molar-refractivity contribution is 0.0686. The summed E-state index contributed by atoms with van der Waals surface area (Å²) in [5.74, 6) is -1.15. The number of rotatable bonds is 3. The molecule has 0 aliphatic carbocycles. The van der Waals surface area contributed by atoms with Gasteiger partial charge in [-0.1, -0.05) is 16.8 Å². The Balaban J connectivity index is 2.57. The van der Waals surface area contributed by atoms with Gasteiger partial charge in [-0.25, -0.2) is 13.2 Å². The number of benzene rings is 1. The summed E-state index contributed by atoms with van der Waals surface area (Å²) in [6.07, 6.45) is 1.06. The lowest BCUT2D eigenvalue weighted by Crippen LogP contribution is -1.97. The molecule has 0 radical (unpaired) electrons. The van der Waals surface area contributed by atoms with Gasteiger partial charge in [0.15, 0.2) is 21.3 Å². The molecular formula is C11H8ClNO5S. The van der Waals surface area contributed by atoms with Gasteiger partial charge >= 0.3 is 5.97 Å². The van der Waals surface area contributed by atoms with Crippen molar-refractivity contribution in [1.82, 2.24) is 5.16 Å². The molecule has 6 nitrogen and oxygen atoms in total. The first kappa shape index (κ1) is 13.6. The molecular weight excluding hydrogens is 294 g/mol. The maximum Gasteiger partial charge on any atom is 0.358 e. The van der Waals surface area contributed by atoms with E-state index in [0.717, 1.165) is 6.26 Å². The van der Waals surface area contributed by atoms with Crippen LogP contribution in [-0.2, 0) is 9.84 Å². The van der Waals surface area contributed by atoms with Crippen molar-refractivity contribution in [3.63, 3.8) is 0 Å². The Kier molecular flexibility index (Phi) is 3.34. The molecule has 0 atom stereocenters. The Morgan fingerprint density at radius 1 is 1.37 bits per heavy atom. The summed E-state index contributed by atoms with van der Waals surface area (Å²) in [7, 11) is -3.40. The van der Waals surface area contributed by atoms with Crippen LogP contribution in [0.5, 0.6) is 0 Å². The second-order valence-corrected chi connectivity index (χ2v) is 6.22. The van der Waals surface area contributed by atoms with E-state index in [-0.39, 0.29) is 26.9 Å². The van der Waals surface area contributed by atoms with Gasteiger partial charge in [-0.05, 0) is 18.2 Å². The summed E-state index contributed by atoms with van der Waals surface area (Å²) in [5, 5.41) is 12.3. The molecule has 2 aromatic rings. The van der Waals surface area contributed by atoms with Crippen molar-refractivity contribution in [2.24, 2.45) is 0 Å². The predicted octanol–water partition coefficient (Wildman–Crippen LogP) is 2.10. The highest BCUT2D eigenvalue weighted by Crippen LogP contribution is 2.30. The summed E-state index contributed by atoms with van der Waals surface area (Å²) in [6.45, 7) is 0. The Labute approximate surface area is 113 Å². The first-order valence-corrected chi connectivity index (χ1v) is 7.26. The molecule has 0 saturated carbocycles. The molecule has 1 aromatic carbocycles. The molecule has 1 N–H and O–H groups in total. The fourth-order valence-electron chi connectivity index (χ4n) is 1.43. The van der Waals surface area contributed by atoms with Crippen LogP contribution >= 0.6 is 11.6 Å². The van der Waals surface area contributed by atoms with E-state index in [4.69, 9.17) is 21.2 Å². The van der Waals surface area contributed by atoms with E-state index in [1.54, 1.807) is 0 Å². The highest BCUT2D eigenvalue weighted by molar-refractivity contribution is 7.90. The largest absolute Gasteiger partial charge is 0.476 e. The maximum absolute atomic E-state index is 11.5. The van der Waals surface area contributed by atoms with Gasteiger partial charge in [0.2, 0.25) is 0 Å². The van der Waals surface area contributed by atoms with Gasteiger partial charge < -0.3 is 9.63 Å². The monoisotopic (exact) mass is 301 g/mol. The fourth-order valence-corrected chi connectivity index (χ4v) is 2.28. The van der Waals surface area contributed by atoms with Crippen molar-refractivity contribution >= 4 is 27.4 Å². The van der Waals surface area contributed by atoms with Gasteiger partial charge in [0, 0.05) is 17.9 Å². The third-order valence-corrected chi connectivity index (χ3v) is 3.80. The van der Waals surface area contributed by atoms with Crippen LogP contribution in [0.25, 0.3) is 11.3 Å². The van der Waals surface area contributed by atoms with Crippen molar-refractivity contribution in [2.45, 2.75) is 4.90 Å². The number of hydrogen-bond acceptors (Lipinski definition) is 5. The zero-order chi connectivity index (χ0) is 14.2. The summed E-state index contributed by atoms with van der Waals surface area (Å²) < 4.78 is 27.8. The zero-order valence-corrected chi connectivity index (χ0v) is 11.2. The van der Waals surface area contributed by atoms with Gasteiger partial charge in [-0.15, -0.1) is 0 Å². The molecule has 0 aliphatic heterocycles. The number of halogens is 1. The van der Waals surface area contributed by atoms with E-state index in [1.165, 1.54) is 24.3 Å². The predicted molar refractivity (Wildman–Crippen MR) is 67.0 cm³/mol. The first-order chi connectivity index (χ1) is 8.79. The van der Waals surface area contributed by atoms with E-state index in [1.807, 2.05) is 0 Å². The molecule has 8 heteroatoms. The summed E-state index contributed by atoms with van der Waals surface area (Å²) in [5.41, 5.74) is -0.0135. The zero-order valence-electron chi connectivity index (χ0n) is 9.62. The molecule has 0 fully saturated rings. The number of aromatic nitrogens is 1. The van der Waals surface area contributed by atoms with Gasteiger partial charge in [0.05, 0.1) is 9.92 Å². The fraction of sp³-hybridized carbons (Fsp3) is 0.0909. The van der Waals surface area contributed by atoms with E-state index in [2.05, 4.69) is 5.16 Å². The van der Waals surface area contributed by atoms with Crippen LogP contribution < -0.4 is 0 Å². The van der Waals surface area contributed by atoms with E-state index in [0.29, 0.717) is 0 Å². The molecule has 1 heterocycles. The van der Waals surface area contributed by atoms with Crippen LogP contribution in [0.1, 0.15) is 10.5 Å². The molecule has 2 rings (SSSR count). The minimum absolute atomic E-state index is 0.0557. The van der Waals surface area contributed by atoms with E-state index >= 15 is 0 Å². The van der Waals surface area contributed by atoms with E-state index in [9.17, 15) is 13.2 Å². The minimum Gasteiger partial charge on any atom is -0.476 e. The van der Waals surface area contributed by atoms with Crippen LogP contribution in [-0.4, -0.2) is 30.9 Å². The Bertz CT molecular complexity index is 750. The normalized spacial score (nSPS) is 11.5. The molecule has 0 saturated heterocycles. The van der Waals surface area contributed by atoms with Crippen LogP contribution in [0.15, 0.2) is 33.7 Å². The number of carbonyl (C=O) groups is 1. The smallest absolute Gasteiger partial charge is 0.358 e. The minimum atomic E-state index is -3.40. The number of aromatic carboxylic acids is 1. The highest BCUT2D eigenvalue weighted by atomic mass is 35.5. The molecule has 0 bridgehead atoms. The summed E-state index contributed by atoms with van der Waals surface area (Å²) in [4.78, 5) is 10.8. The average molecular weight is 302 g/mol. The molecule has 0 aliphatic rings. The topological polar surface area (TPSA) is 97.5 Å². The molecule has 0 unspecified atom stereocenters. The summed E-state index contributed by atoms with van der Waals surface area (Å²) in [6, 6.07) is 5.24. The average Bonchev–Trinajstić information content (AvgIpc) is 2.77. The van der Waals surface area contributed by atoms with Gasteiger partial charge in [0.1, 0.15) is 0 Å². The van der Waals surface area contributed by atoms with E-state index < -0.39 is 15.8 Å². The van der Waals surface area contributed by atoms with Crippen molar-refractivity contribution in [1.29, 1.82) is 0 Å². The van der Waals surface area contributed by atoms with Crippen LogP contribution in [0.4, 0.5) is 0 Å². The number of carboxylic acid groups (broad SMARTS) is 1. The van der Waals surface area contributed by atoms with Gasteiger partial charge in [-0.3, -0.25) is 0 Å². The number of nitrogens with zero attached hydrogens (tertiary/aromatic N) is 1.